The van der Waals surface area contributed by atoms with Gasteiger partial charge >= 0.3 is 12.1 Å². The van der Waals surface area contributed by atoms with Crippen molar-refractivity contribution in [3.05, 3.63) is 59.9 Å². The Labute approximate surface area is 174 Å². The van der Waals surface area contributed by atoms with E-state index < -0.39 is 18.2 Å². The minimum absolute atomic E-state index is 0.210. The first-order valence-corrected chi connectivity index (χ1v) is 9.46. The van der Waals surface area contributed by atoms with Gasteiger partial charge in [-0.2, -0.15) is 0 Å². The summed E-state index contributed by atoms with van der Waals surface area (Å²) in [5.41, 5.74) is 1.77. The summed E-state index contributed by atoms with van der Waals surface area (Å²) in [6.07, 6.45) is 0.557. The van der Waals surface area contributed by atoms with E-state index in [1.54, 1.807) is 36.4 Å². The number of ether oxygens (including phenoxy) is 1. The maximum absolute atomic E-state index is 12.9. The van der Waals surface area contributed by atoms with Crippen molar-refractivity contribution in [2.24, 2.45) is 0 Å². The largest absolute Gasteiger partial charge is 0.453 e. The summed E-state index contributed by atoms with van der Waals surface area (Å²) >= 11 is 0. The van der Waals surface area contributed by atoms with Crippen LogP contribution in [0.2, 0.25) is 0 Å². The quantitative estimate of drug-likeness (QED) is 0.527. The number of carbonyl (C=O) groups is 3. The number of urea groups is 1. The lowest BCUT2D eigenvalue weighted by Gasteiger charge is -2.18. The van der Waals surface area contributed by atoms with Gasteiger partial charge in [0.05, 0.1) is 7.11 Å². The van der Waals surface area contributed by atoms with Crippen molar-refractivity contribution in [1.82, 2.24) is 10.6 Å². The average molecular weight is 416 g/mol. The molecule has 0 aliphatic carbocycles. The van der Waals surface area contributed by atoms with E-state index in [4.69, 9.17) is 0 Å². The first-order valence-electron chi connectivity index (χ1n) is 9.46. The van der Waals surface area contributed by atoms with Crippen LogP contribution in [0.15, 0.2) is 48.5 Å². The van der Waals surface area contributed by atoms with Gasteiger partial charge in [0.1, 0.15) is 11.9 Å². The van der Waals surface area contributed by atoms with Crippen LogP contribution in [0.3, 0.4) is 0 Å². The minimum atomic E-state index is -0.726. The van der Waals surface area contributed by atoms with Crippen molar-refractivity contribution in [2.45, 2.75) is 32.4 Å². The summed E-state index contributed by atoms with van der Waals surface area (Å²) in [6.45, 7) is 2.12. The molecule has 0 spiro atoms. The number of amides is 4. The second-order valence-corrected chi connectivity index (χ2v) is 6.48. The summed E-state index contributed by atoms with van der Waals surface area (Å²) in [5, 5.41) is 10.6. The Balaban J connectivity index is 1.89. The van der Waals surface area contributed by atoms with E-state index in [1.807, 2.05) is 6.92 Å². The molecule has 4 amide bonds. The highest BCUT2D eigenvalue weighted by Gasteiger charge is 2.20. The van der Waals surface area contributed by atoms with Crippen LogP contribution >= 0.6 is 0 Å². The van der Waals surface area contributed by atoms with Gasteiger partial charge in [-0.25, -0.2) is 14.0 Å². The summed E-state index contributed by atoms with van der Waals surface area (Å²) in [5.74, 6) is -0.709. The zero-order chi connectivity index (χ0) is 21.9. The number of methoxy groups -OCH3 is 1. The normalized spacial score (nSPS) is 11.2. The number of hydrogen-bond donors (Lipinski definition) is 4. The smallest absolute Gasteiger partial charge is 0.411 e. The number of halogens is 1. The number of carbonyl (C=O) groups excluding carboxylic acids is 3. The topological polar surface area (TPSA) is 109 Å². The number of benzene rings is 2. The standard InChI is InChI=1S/C21H25FN4O4/c1-3-4-18(26-20(28)23-13-14-5-7-15(22)8-6-14)19(27)24-16-9-11-17(12-10-16)25-21(29)30-2/h5-12,18H,3-4,13H2,1-2H3,(H,24,27)(H,25,29)(H2,23,26,28). The highest BCUT2D eigenvalue weighted by molar-refractivity contribution is 5.97. The third-order valence-electron chi connectivity index (χ3n) is 4.15. The molecule has 1 atom stereocenters. The lowest BCUT2D eigenvalue weighted by atomic mass is 10.1. The van der Waals surface area contributed by atoms with Crippen LogP contribution in [0.1, 0.15) is 25.3 Å². The van der Waals surface area contributed by atoms with E-state index >= 15 is 0 Å². The second-order valence-electron chi connectivity index (χ2n) is 6.48. The summed E-state index contributed by atoms with van der Waals surface area (Å²) in [6, 6.07) is 11.0. The van der Waals surface area contributed by atoms with E-state index in [-0.39, 0.29) is 18.3 Å². The highest BCUT2D eigenvalue weighted by atomic mass is 19.1. The molecule has 0 heterocycles. The van der Waals surface area contributed by atoms with E-state index in [1.165, 1.54) is 19.2 Å². The fraction of sp³-hybridized carbons (Fsp3) is 0.286. The van der Waals surface area contributed by atoms with Gasteiger partial charge in [-0.05, 0) is 48.4 Å². The average Bonchev–Trinajstić information content (AvgIpc) is 2.74. The van der Waals surface area contributed by atoms with Gasteiger partial charge in [-0.3, -0.25) is 10.1 Å². The third-order valence-corrected chi connectivity index (χ3v) is 4.15. The van der Waals surface area contributed by atoms with Crippen molar-refractivity contribution >= 4 is 29.4 Å². The SMILES string of the molecule is CCCC(NC(=O)NCc1ccc(F)cc1)C(=O)Nc1ccc(NC(=O)OC)cc1. The van der Waals surface area contributed by atoms with E-state index in [2.05, 4.69) is 26.0 Å². The maximum Gasteiger partial charge on any atom is 0.411 e. The molecule has 0 aliphatic heterocycles. The van der Waals surface area contributed by atoms with Gasteiger partial charge in [-0.15, -0.1) is 0 Å². The zero-order valence-corrected chi connectivity index (χ0v) is 16.8. The molecule has 2 aromatic carbocycles. The summed E-state index contributed by atoms with van der Waals surface area (Å²) in [4.78, 5) is 35.9. The fourth-order valence-electron chi connectivity index (χ4n) is 2.59. The minimum Gasteiger partial charge on any atom is -0.453 e. The summed E-state index contributed by atoms with van der Waals surface area (Å²) < 4.78 is 17.5. The van der Waals surface area contributed by atoms with Crippen LogP contribution in [0.5, 0.6) is 0 Å². The molecule has 0 aromatic heterocycles. The van der Waals surface area contributed by atoms with E-state index in [0.717, 1.165) is 5.56 Å². The molecule has 0 saturated heterocycles. The van der Waals surface area contributed by atoms with Crippen molar-refractivity contribution in [3.8, 4) is 0 Å². The Morgan fingerprint density at radius 2 is 1.57 bits per heavy atom. The molecule has 0 saturated carbocycles. The number of rotatable bonds is 8. The fourth-order valence-corrected chi connectivity index (χ4v) is 2.59. The molecule has 9 heteroatoms. The van der Waals surface area contributed by atoms with Crippen LogP contribution < -0.4 is 21.3 Å². The highest BCUT2D eigenvalue weighted by Crippen LogP contribution is 2.14. The van der Waals surface area contributed by atoms with Gasteiger partial charge in [0.2, 0.25) is 5.91 Å². The number of nitrogens with one attached hydrogen (secondary N) is 4. The molecule has 0 bridgehead atoms. The first-order chi connectivity index (χ1) is 14.4. The predicted octanol–water partition coefficient (Wildman–Crippen LogP) is 3.61. The summed E-state index contributed by atoms with van der Waals surface area (Å²) in [7, 11) is 1.26. The Morgan fingerprint density at radius 3 is 2.13 bits per heavy atom. The Hall–Kier alpha value is -3.62. The van der Waals surface area contributed by atoms with E-state index in [0.29, 0.717) is 24.2 Å². The number of anilines is 2. The molecule has 4 N–H and O–H groups in total. The molecule has 2 aromatic rings. The van der Waals surface area contributed by atoms with Crippen LogP contribution in [0, 0.1) is 5.82 Å². The van der Waals surface area contributed by atoms with Crippen molar-refractivity contribution < 1.29 is 23.5 Å². The molecule has 1 unspecified atom stereocenters. The monoisotopic (exact) mass is 416 g/mol. The Morgan fingerprint density at radius 1 is 0.967 bits per heavy atom. The van der Waals surface area contributed by atoms with Crippen molar-refractivity contribution in [3.63, 3.8) is 0 Å². The second kappa shape index (κ2) is 11.4. The van der Waals surface area contributed by atoms with Gasteiger partial charge in [0, 0.05) is 17.9 Å². The molecule has 0 radical (unpaired) electrons. The Bertz CT molecular complexity index is 856. The van der Waals surface area contributed by atoms with Crippen molar-refractivity contribution in [1.29, 1.82) is 0 Å². The zero-order valence-electron chi connectivity index (χ0n) is 16.8. The molecule has 2 rings (SSSR count). The van der Waals surface area contributed by atoms with Gasteiger partial charge in [0.15, 0.2) is 0 Å². The lowest BCUT2D eigenvalue weighted by molar-refractivity contribution is -0.118. The molecule has 160 valence electrons. The molecular formula is C21H25FN4O4. The van der Waals surface area contributed by atoms with E-state index in [9.17, 15) is 18.8 Å². The molecular weight excluding hydrogens is 391 g/mol. The molecule has 30 heavy (non-hydrogen) atoms. The van der Waals surface area contributed by atoms with Gasteiger partial charge in [-0.1, -0.05) is 25.5 Å². The maximum atomic E-state index is 12.9. The molecule has 0 fully saturated rings. The number of hydrogen-bond acceptors (Lipinski definition) is 4. The first kappa shape index (κ1) is 22.7. The molecule has 0 aliphatic rings. The predicted molar refractivity (Wildman–Crippen MR) is 112 cm³/mol. The van der Waals surface area contributed by atoms with Crippen LogP contribution in [0.25, 0.3) is 0 Å². The Kier molecular flexibility index (Phi) is 8.61. The van der Waals surface area contributed by atoms with Crippen LogP contribution in [0.4, 0.5) is 25.4 Å². The van der Waals surface area contributed by atoms with Crippen LogP contribution in [-0.4, -0.2) is 31.2 Å². The van der Waals surface area contributed by atoms with Crippen LogP contribution in [-0.2, 0) is 16.1 Å². The van der Waals surface area contributed by atoms with Gasteiger partial charge in [0.25, 0.3) is 0 Å². The van der Waals surface area contributed by atoms with Gasteiger partial charge < -0.3 is 20.7 Å². The lowest BCUT2D eigenvalue weighted by Crippen LogP contribution is -2.47. The third kappa shape index (κ3) is 7.42. The molecule has 8 nitrogen and oxygen atoms in total. The van der Waals surface area contributed by atoms with Crippen molar-refractivity contribution in [2.75, 3.05) is 17.7 Å².